The highest BCUT2D eigenvalue weighted by Crippen LogP contribution is 2.30. The molecule has 0 fully saturated rings. The van der Waals surface area contributed by atoms with Crippen molar-refractivity contribution in [1.82, 2.24) is 9.97 Å². The van der Waals surface area contributed by atoms with Gasteiger partial charge in [-0.2, -0.15) is 4.39 Å². The molecule has 1 aromatic rings. The van der Waals surface area contributed by atoms with E-state index in [0.717, 1.165) is 5.56 Å². The lowest BCUT2D eigenvalue weighted by Gasteiger charge is -2.26. The summed E-state index contributed by atoms with van der Waals surface area (Å²) in [5.41, 5.74) is 0.837. The second-order valence-electron chi connectivity index (χ2n) is 4.26. The Labute approximate surface area is 96.1 Å². The van der Waals surface area contributed by atoms with Crippen LogP contribution in [0.1, 0.15) is 39.4 Å². The number of aromatic nitrogens is 2. The van der Waals surface area contributed by atoms with E-state index in [1.54, 1.807) is 0 Å². The van der Waals surface area contributed by atoms with Crippen molar-refractivity contribution in [3.8, 4) is 0 Å². The molecular weight excluding hydrogens is 207 g/mol. The zero-order valence-corrected chi connectivity index (χ0v) is 10.3. The van der Waals surface area contributed by atoms with E-state index in [1.807, 2.05) is 6.92 Å². The van der Waals surface area contributed by atoms with E-state index in [1.165, 1.54) is 12.4 Å². The van der Waals surface area contributed by atoms with Gasteiger partial charge in [-0.25, -0.2) is 9.97 Å². The predicted octanol–water partition coefficient (Wildman–Crippen LogP) is 2.99. The molecule has 0 aliphatic carbocycles. The lowest BCUT2D eigenvalue weighted by Crippen LogP contribution is -2.19. The monoisotopic (exact) mass is 226 g/mol. The Morgan fingerprint density at radius 1 is 1.25 bits per heavy atom. The first-order valence-electron chi connectivity index (χ1n) is 5.65. The standard InChI is InChI=1S/C12H19FN2O/c1-5-16-11(9(4)8(2)3)10-6-14-12(13)15-7-10/h6-9,11H,5H2,1-4H3/t9-,11-/m0/s1. The summed E-state index contributed by atoms with van der Waals surface area (Å²) in [7, 11) is 0. The van der Waals surface area contributed by atoms with Gasteiger partial charge in [-0.15, -0.1) is 0 Å². The molecule has 2 atom stereocenters. The maximum atomic E-state index is 12.6. The average molecular weight is 226 g/mol. The summed E-state index contributed by atoms with van der Waals surface area (Å²) in [6, 6.07) is 0. The predicted molar refractivity (Wildman–Crippen MR) is 60.4 cm³/mol. The molecule has 16 heavy (non-hydrogen) atoms. The van der Waals surface area contributed by atoms with Crippen molar-refractivity contribution in [2.45, 2.75) is 33.8 Å². The van der Waals surface area contributed by atoms with Crippen molar-refractivity contribution in [1.29, 1.82) is 0 Å². The molecule has 0 aromatic carbocycles. The Hall–Kier alpha value is -1.03. The molecular formula is C12H19FN2O. The molecule has 90 valence electrons. The fourth-order valence-electron chi connectivity index (χ4n) is 1.55. The van der Waals surface area contributed by atoms with Gasteiger partial charge in [-0.3, -0.25) is 0 Å². The minimum absolute atomic E-state index is 0.0643. The third-order valence-corrected chi connectivity index (χ3v) is 2.84. The number of halogens is 1. The number of hydrogen-bond donors (Lipinski definition) is 0. The van der Waals surface area contributed by atoms with Crippen LogP contribution in [0.25, 0.3) is 0 Å². The maximum Gasteiger partial charge on any atom is 0.308 e. The molecule has 1 heterocycles. The van der Waals surface area contributed by atoms with E-state index in [9.17, 15) is 4.39 Å². The van der Waals surface area contributed by atoms with Crippen LogP contribution >= 0.6 is 0 Å². The topological polar surface area (TPSA) is 35.0 Å². The quantitative estimate of drug-likeness (QED) is 0.724. The Balaban J connectivity index is 2.88. The minimum Gasteiger partial charge on any atom is -0.373 e. The van der Waals surface area contributed by atoms with Crippen LogP contribution in [0.5, 0.6) is 0 Å². The highest BCUT2D eigenvalue weighted by molar-refractivity contribution is 5.08. The van der Waals surface area contributed by atoms with Gasteiger partial charge in [0.2, 0.25) is 0 Å². The number of nitrogens with zero attached hydrogens (tertiary/aromatic N) is 2. The number of rotatable bonds is 5. The molecule has 1 aromatic heterocycles. The summed E-state index contributed by atoms with van der Waals surface area (Å²) in [5.74, 6) is 0.829. The molecule has 0 bridgehead atoms. The molecule has 4 heteroatoms. The summed E-state index contributed by atoms with van der Waals surface area (Å²) in [6.45, 7) is 8.97. The van der Waals surface area contributed by atoms with E-state index in [0.29, 0.717) is 18.4 Å². The van der Waals surface area contributed by atoms with E-state index in [2.05, 4.69) is 30.7 Å². The molecule has 0 saturated heterocycles. The van der Waals surface area contributed by atoms with Gasteiger partial charge in [-0.05, 0) is 18.8 Å². The average Bonchev–Trinajstić information content (AvgIpc) is 2.26. The van der Waals surface area contributed by atoms with Gasteiger partial charge in [0.15, 0.2) is 0 Å². The van der Waals surface area contributed by atoms with Crippen LogP contribution in [0.15, 0.2) is 12.4 Å². The second-order valence-corrected chi connectivity index (χ2v) is 4.26. The van der Waals surface area contributed by atoms with Crippen molar-refractivity contribution in [2.75, 3.05) is 6.61 Å². The number of hydrogen-bond acceptors (Lipinski definition) is 3. The van der Waals surface area contributed by atoms with Gasteiger partial charge in [0.05, 0.1) is 6.10 Å². The summed E-state index contributed by atoms with van der Waals surface area (Å²) < 4.78 is 18.3. The Bertz CT molecular complexity index is 313. The van der Waals surface area contributed by atoms with Crippen molar-refractivity contribution >= 4 is 0 Å². The minimum atomic E-state index is -0.698. The Kier molecular flexibility index (Phi) is 4.80. The third kappa shape index (κ3) is 3.23. The first-order chi connectivity index (χ1) is 7.56. The fourth-order valence-corrected chi connectivity index (χ4v) is 1.55. The first kappa shape index (κ1) is 13.0. The van der Waals surface area contributed by atoms with Crippen molar-refractivity contribution in [3.63, 3.8) is 0 Å². The highest BCUT2D eigenvalue weighted by atomic mass is 19.1. The summed E-state index contributed by atoms with van der Waals surface area (Å²) in [5, 5.41) is 0. The van der Waals surface area contributed by atoms with Gasteiger partial charge >= 0.3 is 6.08 Å². The molecule has 0 aliphatic rings. The normalized spacial score (nSPS) is 15.1. The molecule has 0 spiro atoms. The van der Waals surface area contributed by atoms with Crippen LogP contribution in [0, 0.1) is 17.9 Å². The molecule has 3 nitrogen and oxygen atoms in total. The van der Waals surface area contributed by atoms with Crippen LogP contribution in [-0.2, 0) is 4.74 Å². The van der Waals surface area contributed by atoms with Crippen LogP contribution < -0.4 is 0 Å². The molecule has 0 radical (unpaired) electrons. The lowest BCUT2D eigenvalue weighted by atomic mass is 9.89. The van der Waals surface area contributed by atoms with Crippen LogP contribution in [0.2, 0.25) is 0 Å². The molecule has 0 aliphatic heterocycles. The Morgan fingerprint density at radius 3 is 2.25 bits per heavy atom. The van der Waals surface area contributed by atoms with E-state index in [4.69, 9.17) is 4.74 Å². The number of ether oxygens (including phenoxy) is 1. The van der Waals surface area contributed by atoms with Crippen molar-refractivity contribution in [3.05, 3.63) is 24.0 Å². The van der Waals surface area contributed by atoms with Crippen LogP contribution in [0.3, 0.4) is 0 Å². The van der Waals surface area contributed by atoms with Crippen molar-refractivity contribution < 1.29 is 9.13 Å². The zero-order valence-electron chi connectivity index (χ0n) is 10.3. The summed E-state index contributed by atoms with van der Waals surface area (Å²) in [4.78, 5) is 7.13. The van der Waals surface area contributed by atoms with E-state index in [-0.39, 0.29) is 6.10 Å². The van der Waals surface area contributed by atoms with Gasteiger partial charge in [0.1, 0.15) is 0 Å². The molecule has 1 rings (SSSR count). The van der Waals surface area contributed by atoms with E-state index < -0.39 is 6.08 Å². The van der Waals surface area contributed by atoms with Gasteiger partial charge < -0.3 is 4.74 Å². The SMILES string of the molecule is CCO[C@H](c1cnc(F)nc1)[C@@H](C)C(C)C. The van der Waals surface area contributed by atoms with E-state index >= 15 is 0 Å². The summed E-state index contributed by atoms with van der Waals surface area (Å²) >= 11 is 0. The fraction of sp³-hybridized carbons (Fsp3) is 0.667. The smallest absolute Gasteiger partial charge is 0.308 e. The molecule has 0 unspecified atom stereocenters. The maximum absolute atomic E-state index is 12.6. The van der Waals surface area contributed by atoms with Crippen molar-refractivity contribution in [2.24, 2.45) is 11.8 Å². The molecule has 0 saturated carbocycles. The first-order valence-corrected chi connectivity index (χ1v) is 5.65. The lowest BCUT2D eigenvalue weighted by molar-refractivity contribution is 0.00858. The Morgan fingerprint density at radius 2 is 1.81 bits per heavy atom. The van der Waals surface area contributed by atoms with Gasteiger partial charge in [0, 0.05) is 24.6 Å². The zero-order chi connectivity index (χ0) is 12.1. The largest absolute Gasteiger partial charge is 0.373 e. The second kappa shape index (κ2) is 5.89. The van der Waals surface area contributed by atoms with Crippen LogP contribution in [0.4, 0.5) is 4.39 Å². The molecule has 0 N–H and O–H groups in total. The van der Waals surface area contributed by atoms with Gasteiger partial charge in [0.25, 0.3) is 0 Å². The van der Waals surface area contributed by atoms with Gasteiger partial charge in [-0.1, -0.05) is 20.8 Å². The summed E-state index contributed by atoms with van der Waals surface area (Å²) in [6.07, 6.45) is 2.24. The highest BCUT2D eigenvalue weighted by Gasteiger charge is 2.23. The molecule has 0 amide bonds. The van der Waals surface area contributed by atoms with Crippen LogP contribution in [-0.4, -0.2) is 16.6 Å². The third-order valence-electron chi connectivity index (χ3n) is 2.84.